The minimum Gasteiger partial charge on any atom is -0.497 e. The second kappa shape index (κ2) is 9.92. The highest BCUT2D eigenvalue weighted by atomic mass is 19.1. The van der Waals surface area contributed by atoms with Crippen molar-refractivity contribution in [3.63, 3.8) is 0 Å². The van der Waals surface area contributed by atoms with Gasteiger partial charge in [0.2, 0.25) is 0 Å². The molecule has 0 unspecified atom stereocenters. The lowest BCUT2D eigenvalue weighted by molar-refractivity contribution is 0.0954. The number of methoxy groups -OCH3 is 1. The highest BCUT2D eigenvalue weighted by Crippen LogP contribution is 2.27. The van der Waals surface area contributed by atoms with Gasteiger partial charge in [-0.2, -0.15) is 0 Å². The summed E-state index contributed by atoms with van der Waals surface area (Å²) in [6, 6.07) is 19.7. The van der Waals surface area contributed by atoms with Gasteiger partial charge in [-0.05, 0) is 66.9 Å². The maximum atomic E-state index is 14.4. The zero-order valence-electron chi connectivity index (χ0n) is 18.0. The van der Waals surface area contributed by atoms with Crippen molar-refractivity contribution in [1.82, 2.24) is 4.90 Å². The quantitative estimate of drug-likeness (QED) is 0.527. The van der Waals surface area contributed by atoms with E-state index in [0.29, 0.717) is 5.69 Å². The Labute approximate surface area is 187 Å². The molecule has 0 spiro atoms. The number of rotatable bonds is 6. The van der Waals surface area contributed by atoms with E-state index < -0.39 is 11.7 Å². The fraction of sp³-hybridized carbons (Fsp3) is 0.269. The van der Waals surface area contributed by atoms with Crippen LogP contribution in [0.15, 0.2) is 72.8 Å². The summed E-state index contributed by atoms with van der Waals surface area (Å²) in [5.74, 6) is -0.500. The fourth-order valence-electron chi connectivity index (χ4n) is 4.18. The number of carbonyl (C=O) groups excluding carboxylic acids is 1. The van der Waals surface area contributed by atoms with Crippen LogP contribution in [0, 0.1) is 11.6 Å². The van der Waals surface area contributed by atoms with Crippen LogP contribution in [0.2, 0.25) is 0 Å². The van der Waals surface area contributed by atoms with Crippen LogP contribution in [-0.2, 0) is 6.54 Å². The summed E-state index contributed by atoms with van der Waals surface area (Å²) in [4.78, 5) is 17.3. The average Bonchev–Trinajstić information content (AvgIpc) is 2.82. The molecule has 0 atom stereocenters. The molecule has 0 N–H and O–H groups in total. The van der Waals surface area contributed by atoms with Gasteiger partial charge in [0.15, 0.2) is 0 Å². The fourth-order valence-corrected chi connectivity index (χ4v) is 4.18. The van der Waals surface area contributed by atoms with E-state index in [9.17, 15) is 13.6 Å². The van der Waals surface area contributed by atoms with Crippen LogP contribution in [0.25, 0.3) is 0 Å². The molecule has 0 saturated carbocycles. The first-order valence-electron chi connectivity index (χ1n) is 10.7. The molecule has 3 aromatic carbocycles. The third kappa shape index (κ3) is 4.97. The molecule has 1 heterocycles. The van der Waals surface area contributed by atoms with Gasteiger partial charge in [0.25, 0.3) is 5.91 Å². The standard InChI is InChI=1S/C26H26F2N2O2/c1-32-23-12-6-19(7-13-23)18-29-16-14-22(15-17-29)30(21-10-8-20(27)9-11-21)26(31)24-4-2-3-5-25(24)28/h2-13,22H,14-18H2,1H3. The monoisotopic (exact) mass is 436 g/mol. The number of ether oxygens (including phenoxy) is 1. The Morgan fingerprint density at radius 2 is 1.62 bits per heavy atom. The van der Waals surface area contributed by atoms with Gasteiger partial charge in [0, 0.05) is 31.4 Å². The Morgan fingerprint density at radius 3 is 2.25 bits per heavy atom. The summed E-state index contributed by atoms with van der Waals surface area (Å²) in [7, 11) is 1.65. The number of likely N-dealkylation sites (tertiary alicyclic amines) is 1. The lowest BCUT2D eigenvalue weighted by atomic mass is 10.00. The molecule has 1 aliphatic heterocycles. The number of nitrogens with zero attached hydrogens (tertiary/aromatic N) is 2. The van der Waals surface area contributed by atoms with Crippen LogP contribution < -0.4 is 9.64 Å². The van der Waals surface area contributed by atoms with Gasteiger partial charge in [-0.3, -0.25) is 9.69 Å². The Balaban J connectivity index is 1.50. The van der Waals surface area contributed by atoms with Crippen LogP contribution in [-0.4, -0.2) is 37.0 Å². The van der Waals surface area contributed by atoms with Gasteiger partial charge in [0.05, 0.1) is 12.7 Å². The van der Waals surface area contributed by atoms with Crippen molar-refractivity contribution in [3.05, 3.63) is 95.6 Å². The number of piperidine rings is 1. The van der Waals surface area contributed by atoms with Gasteiger partial charge in [-0.25, -0.2) is 8.78 Å². The zero-order chi connectivity index (χ0) is 22.5. The Hall–Kier alpha value is -3.25. The number of hydrogen-bond donors (Lipinski definition) is 0. The normalized spacial score (nSPS) is 14.8. The number of halogens is 2. The SMILES string of the molecule is COc1ccc(CN2CCC(N(C(=O)c3ccccc3F)c3ccc(F)cc3)CC2)cc1. The summed E-state index contributed by atoms with van der Waals surface area (Å²) in [5.41, 5.74) is 1.80. The van der Waals surface area contributed by atoms with E-state index >= 15 is 0 Å². The van der Waals surface area contributed by atoms with Crippen molar-refractivity contribution in [1.29, 1.82) is 0 Å². The van der Waals surface area contributed by atoms with Crippen molar-refractivity contribution in [2.45, 2.75) is 25.4 Å². The number of benzene rings is 3. The number of amides is 1. The van der Waals surface area contributed by atoms with E-state index in [0.717, 1.165) is 38.2 Å². The number of carbonyl (C=O) groups is 1. The largest absolute Gasteiger partial charge is 0.497 e. The van der Waals surface area contributed by atoms with E-state index in [1.807, 2.05) is 12.1 Å². The van der Waals surface area contributed by atoms with Crippen molar-refractivity contribution < 1.29 is 18.3 Å². The highest BCUT2D eigenvalue weighted by Gasteiger charge is 2.31. The van der Waals surface area contributed by atoms with Gasteiger partial charge in [-0.15, -0.1) is 0 Å². The zero-order valence-corrected chi connectivity index (χ0v) is 18.0. The third-order valence-electron chi connectivity index (χ3n) is 5.92. The molecule has 0 bridgehead atoms. The first-order chi connectivity index (χ1) is 15.5. The van der Waals surface area contributed by atoms with Crippen molar-refractivity contribution in [2.24, 2.45) is 0 Å². The molecule has 1 aliphatic rings. The lowest BCUT2D eigenvalue weighted by Gasteiger charge is -2.38. The topological polar surface area (TPSA) is 32.8 Å². The van der Waals surface area contributed by atoms with E-state index in [2.05, 4.69) is 17.0 Å². The van der Waals surface area contributed by atoms with Gasteiger partial charge in [-0.1, -0.05) is 24.3 Å². The minimum absolute atomic E-state index is 0.0255. The first-order valence-corrected chi connectivity index (χ1v) is 10.7. The Morgan fingerprint density at radius 1 is 0.969 bits per heavy atom. The smallest absolute Gasteiger partial charge is 0.261 e. The van der Waals surface area contributed by atoms with Crippen molar-refractivity contribution in [3.8, 4) is 5.75 Å². The van der Waals surface area contributed by atoms with Gasteiger partial charge >= 0.3 is 0 Å². The molecular weight excluding hydrogens is 410 g/mol. The van der Waals surface area contributed by atoms with E-state index in [1.54, 1.807) is 36.3 Å². The summed E-state index contributed by atoms with van der Waals surface area (Å²) in [5, 5.41) is 0. The predicted molar refractivity (Wildman–Crippen MR) is 121 cm³/mol. The molecule has 166 valence electrons. The van der Waals surface area contributed by atoms with Crippen LogP contribution in [0.3, 0.4) is 0 Å². The number of anilines is 1. The average molecular weight is 437 g/mol. The molecule has 0 aliphatic carbocycles. The second-order valence-corrected chi connectivity index (χ2v) is 7.99. The Bertz CT molecular complexity index is 1050. The molecular formula is C26H26F2N2O2. The van der Waals surface area contributed by atoms with Gasteiger partial charge in [0.1, 0.15) is 17.4 Å². The molecule has 4 rings (SSSR count). The highest BCUT2D eigenvalue weighted by molar-refractivity contribution is 6.06. The lowest BCUT2D eigenvalue weighted by Crippen LogP contribution is -2.47. The molecule has 32 heavy (non-hydrogen) atoms. The second-order valence-electron chi connectivity index (χ2n) is 7.99. The van der Waals surface area contributed by atoms with Crippen LogP contribution in [0.4, 0.5) is 14.5 Å². The number of hydrogen-bond acceptors (Lipinski definition) is 3. The van der Waals surface area contributed by atoms with Crippen LogP contribution in [0.1, 0.15) is 28.8 Å². The van der Waals surface area contributed by atoms with E-state index in [-0.39, 0.29) is 17.4 Å². The van der Waals surface area contributed by atoms with Crippen LogP contribution >= 0.6 is 0 Å². The van der Waals surface area contributed by atoms with Gasteiger partial charge < -0.3 is 9.64 Å². The summed E-state index contributed by atoms with van der Waals surface area (Å²) >= 11 is 0. The summed E-state index contributed by atoms with van der Waals surface area (Å²) in [6.45, 7) is 2.42. The molecule has 1 fully saturated rings. The molecule has 3 aromatic rings. The maximum Gasteiger partial charge on any atom is 0.261 e. The predicted octanol–water partition coefficient (Wildman–Crippen LogP) is 5.28. The molecule has 1 amide bonds. The first kappa shape index (κ1) is 22.0. The van der Waals surface area contributed by atoms with Crippen molar-refractivity contribution >= 4 is 11.6 Å². The van der Waals surface area contributed by atoms with E-state index in [4.69, 9.17) is 4.74 Å². The minimum atomic E-state index is -0.554. The molecule has 1 saturated heterocycles. The molecule has 6 heteroatoms. The Kier molecular flexibility index (Phi) is 6.81. The van der Waals surface area contributed by atoms with Crippen molar-refractivity contribution in [2.75, 3.05) is 25.1 Å². The maximum absolute atomic E-state index is 14.4. The molecule has 0 radical (unpaired) electrons. The summed E-state index contributed by atoms with van der Waals surface area (Å²) < 4.78 is 33.1. The molecule has 0 aromatic heterocycles. The summed E-state index contributed by atoms with van der Waals surface area (Å²) in [6.07, 6.45) is 1.49. The van der Waals surface area contributed by atoms with E-state index in [1.165, 1.54) is 29.8 Å². The van der Waals surface area contributed by atoms with Crippen LogP contribution in [0.5, 0.6) is 5.75 Å². The molecule has 4 nitrogen and oxygen atoms in total. The third-order valence-corrected chi connectivity index (χ3v) is 5.92.